The van der Waals surface area contributed by atoms with E-state index in [4.69, 9.17) is 28.3 Å². The quantitative estimate of drug-likeness (QED) is 0.202. The molecule has 3 aromatic carbocycles. The monoisotopic (exact) mass is 636 g/mol. The smallest absolute Gasteiger partial charge is 0.274 e. The van der Waals surface area contributed by atoms with Gasteiger partial charge >= 0.3 is 0 Å². The molecule has 1 fully saturated rings. The lowest BCUT2D eigenvalue weighted by Crippen LogP contribution is -2.48. The molecule has 0 unspecified atom stereocenters. The van der Waals surface area contributed by atoms with Gasteiger partial charge in [-0.3, -0.25) is 4.79 Å². The molecule has 0 aliphatic carbocycles. The van der Waals surface area contributed by atoms with Crippen molar-refractivity contribution in [2.24, 2.45) is 0 Å². The number of piperazine rings is 1. The summed E-state index contributed by atoms with van der Waals surface area (Å²) in [6, 6.07) is 27.7. The minimum absolute atomic E-state index is 0.148. The van der Waals surface area contributed by atoms with Crippen LogP contribution in [0.15, 0.2) is 95.9 Å². The molecule has 2 aromatic heterocycles. The lowest BCUT2D eigenvalue weighted by atomic mass is 10.2. The molecule has 42 heavy (non-hydrogen) atoms. The predicted molar refractivity (Wildman–Crippen MR) is 170 cm³/mol. The first-order valence-electron chi connectivity index (χ1n) is 13.2. The third kappa shape index (κ3) is 5.83. The highest BCUT2D eigenvalue weighted by Gasteiger charge is 2.26. The molecule has 6 rings (SSSR count). The normalized spacial score (nSPS) is 13.9. The van der Waals surface area contributed by atoms with E-state index in [1.807, 2.05) is 65.6 Å². The van der Waals surface area contributed by atoms with Crippen LogP contribution in [0.4, 0.5) is 5.69 Å². The van der Waals surface area contributed by atoms with Crippen LogP contribution in [-0.2, 0) is 9.84 Å². The Morgan fingerprint density at radius 3 is 2.31 bits per heavy atom. The maximum absolute atomic E-state index is 13.7. The summed E-state index contributed by atoms with van der Waals surface area (Å²) in [4.78, 5) is 19.8. The molecule has 7 nitrogen and oxygen atoms in total. The summed E-state index contributed by atoms with van der Waals surface area (Å²) in [5.41, 5.74) is 3.55. The Balaban J connectivity index is 1.31. The third-order valence-electron chi connectivity index (χ3n) is 7.15. The number of thiophene rings is 1. The van der Waals surface area contributed by atoms with Crippen LogP contribution in [0.3, 0.4) is 0 Å². The Morgan fingerprint density at radius 2 is 1.57 bits per heavy atom. The number of hydrogen-bond acceptors (Lipinski definition) is 6. The van der Waals surface area contributed by atoms with Gasteiger partial charge in [0, 0.05) is 48.0 Å². The minimum Gasteiger partial charge on any atom is -0.368 e. The fraction of sp³-hybridized carbons (Fsp3) is 0.161. The zero-order chi connectivity index (χ0) is 29.4. The Morgan fingerprint density at radius 1 is 0.833 bits per heavy atom. The van der Waals surface area contributed by atoms with Crippen molar-refractivity contribution in [2.45, 2.75) is 4.90 Å². The Hall–Kier alpha value is -3.63. The molecule has 1 saturated heterocycles. The molecule has 0 bridgehead atoms. The second kappa shape index (κ2) is 11.6. The number of sulfone groups is 1. The average molecular weight is 638 g/mol. The van der Waals surface area contributed by atoms with Crippen molar-refractivity contribution in [3.05, 3.63) is 107 Å². The summed E-state index contributed by atoms with van der Waals surface area (Å²) in [6.45, 7) is 2.48. The average Bonchev–Trinajstić information content (AvgIpc) is 3.65. The zero-order valence-electron chi connectivity index (χ0n) is 22.6. The highest BCUT2D eigenvalue weighted by Crippen LogP contribution is 2.37. The van der Waals surface area contributed by atoms with Gasteiger partial charge in [-0.05, 0) is 66.2 Å². The Bertz CT molecular complexity index is 1890. The first kappa shape index (κ1) is 28.5. The highest BCUT2D eigenvalue weighted by atomic mass is 35.5. The summed E-state index contributed by atoms with van der Waals surface area (Å²) >= 11 is 14.2. The number of carbonyl (C=O) groups is 1. The molecule has 1 amide bonds. The van der Waals surface area contributed by atoms with Gasteiger partial charge in [-0.2, -0.15) is 5.10 Å². The van der Waals surface area contributed by atoms with Crippen LogP contribution < -0.4 is 4.90 Å². The van der Waals surface area contributed by atoms with Gasteiger partial charge in [0.05, 0.1) is 26.2 Å². The van der Waals surface area contributed by atoms with Crippen molar-refractivity contribution in [3.63, 3.8) is 0 Å². The van der Waals surface area contributed by atoms with Crippen LogP contribution in [0.25, 0.3) is 26.7 Å². The van der Waals surface area contributed by atoms with Gasteiger partial charge in [-0.15, -0.1) is 11.3 Å². The zero-order valence-corrected chi connectivity index (χ0v) is 25.7. The van der Waals surface area contributed by atoms with Crippen LogP contribution in [-0.4, -0.2) is 61.4 Å². The van der Waals surface area contributed by atoms with Crippen molar-refractivity contribution >= 4 is 56.0 Å². The van der Waals surface area contributed by atoms with Gasteiger partial charge in [-0.25, -0.2) is 13.1 Å². The van der Waals surface area contributed by atoms with Crippen LogP contribution in [0.5, 0.6) is 0 Å². The Kier molecular flexibility index (Phi) is 7.85. The van der Waals surface area contributed by atoms with Crippen molar-refractivity contribution < 1.29 is 13.2 Å². The maximum atomic E-state index is 13.7. The molecule has 0 N–H and O–H groups in total. The van der Waals surface area contributed by atoms with E-state index in [1.54, 1.807) is 35.0 Å². The van der Waals surface area contributed by atoms with E-state index in [0.29, 0.717) is 47.6 Å². The summed E-state index contributed by atoms with van der Waals surface area (Å²) in [5, 5.41) is 5.94. The van der Waals surface area contributed by atoms with Crippen molar-refractivity contribution in [1.82, 2.24) is 14.7 Å². The van der Waals surface area contributed by atoms with Crippen LogP contribution >= 0.6 is 34.5 Å². The summed E-state index contributed by atoms with van der Waals surface area (Å²) < 4.78 is 25.9. The lowest BCUT2D eigenvalue weighted by molar-refractivity contribution is 0.0740. The molecular formula is C31H26Cl2N4O3S2. The van der Waals surface area contributed by atoms with E-state index >= 15 is 0 Å². The molecule has 3 heterocycles. The number of nitrogens with zero attached hydrogens (tertiary/aromatic N) is 4. The van der Waals surface area contributed by atoms with E-state index in [2.05, 4.69) is 4.90 Å². The molecule has 1 aliphatic rings. The number of benzene rings is 3. The fourth-order valence-electron chi connectivity index (χ4n) is 4.98. The van der Waals surface area contributed by atoms with E-state index in [9.17, 15) is 13.2 Å². The van der Waals surface area contributed by atoms with Crippen LogP contribution in [0, 0.1) is 0 Å². The standard InChI is InChI=1S/C31H26Cl2N4O3S2/c1-42(39,40)24-9-4-6-21(18-24)29-12-13-30(41-29)28-20-26(34-37(28)27-11-3-2-10-25(27)33)31(38)36-16-14-35(15-17-36)23-8-5-7-22(32)19-23/h2-13,18-20H,14-17H2,1H3. The van der Waals surface area contributed by atoms with E-state index < -0.39 is 9.84 Å². The third-order valence-corrected chi connectivity index (χ3v) is 9.98. The number of amides is 1. The number of carbonyl (C=O) groups excluding carboxylic acids is 1. The van der Waals surface area contributed by atoms with Crippen molar-refractivity contribution in [3.8, 4) is 26.7 Å². The van der Waals surface area contributed by atoms with E-state index in [1.165, 1.54) is 17.6 Å². The summed E-state index contributed by atoms with van der Waals surface area (Å²) in [5.74, 6) is -0.148. The number of anilines is 1. The van der Waals surface area contributed by atoms with Crippen LogP contribution in [0.2, 0.25) is 10.0 Å². The maximum Gasteiger partial charge on any atom is 0.274 e. The number of hydrogen-bond donors (Lipinski definition) is 0. The lowest BCUT2D eigenvalue weighted by Gasteiger charge is -2.35. The SMILES string of the molecule is CS(=O)(=O)c1cccc(-c2ccc(-c3cc(C(=O)N4CCN(c5cccc(Cl)c5)CC4)nn3-c3ccccc3Cl)s2)c1. The first-order chi connectivity index (χ1) is 20.2. The van der Waals surface area contributed by atoms with Crippen LogP contribution in [0.1, 0.15) is 10.5 Å². The largest absolute Gasteiger partial charge is 0.368 e. The fourth-order valence-corrected chi connectivity index (χ4v) is 7.05. The number of halogens is 2. The number of rotatable bonds is 6. The van der Waals surface area contributed by atoms with Crippen molar-refractivity contribution in [2.75, 3.05) is 37.3 Å². The number of para-hydroxylation sites is 1. The second-order valence-corrected chi connectivity index (χ2v) is 13.9. The Labute approximate surface area is 258 Å². The summed E-state index contributed by atoms with van der Waals surface area (Å²) in [6.07, 6.45) is 1.20. The molecule has 0 spiro atoms. The molecule has 0 radical (unpaired) electrons. The van der Waals surface area contributed by atoms with Gasteiger partial charge in [0.25, 0.3) is 5.91 Å². The minimum atomic E-state index is -3.34. The molecular weight excluding hydrogens is 611 g/mol. The molecule has 5 aromatic rings. The number of aromatic nitrogens is 2. The molecule has 0 saturated carbocycles. The topological polar surface area (TPSA) is 75.5 Å². The molecule has 0 atom stereocenters. The molecule has 1 aliphatic heterocycles. The van der Waals surface area contributed by atoms with Gasteiger partial charge in [0.15, 0.2) is 15.5 Å². The van der Waals surface area contributed by atoms with Gasteiger partial charge < -0.3 is 9.80 Å². The van der Waals surface area contributed by atoms with Gasteiger partial charge in [0.1, 0.15) is 0 Å². The van der Waals surface area contributed by atoms with Gasteiger partial charge in [0.2, 0.25) is 0 Å². The highest BCUT2D eigenvalue weighted by molar-refractivity contribution is 7.90. The summed E-state index contributed by atoms with van der Waals surface area (Å²) in [7, 11) is -3.34. The van der Waals surface area contributed by atoms with Gasteiger partial charge in [-0.1, -0.05) is 53.5 Å². The molecule has 11 heteroatoms. The molecule has 214 valence electrons. The first-order valence-corrected chi connectivity index (χ1v) is 16.7. The van der Waals surface area contributed by atoms with Crippen molar-refractivity contribution in [1.29, 1.82) is 0 Å². The van der Waals surface area contributed by atoms with E-state index in [0.717, 1.165) is 26.7 Å². The second-order valence-electron chi connectivity index (χ2n) is 10.0. The predicted octanol–water partition coefficient (Wildman–Crippen LogP) is 6.94. The van der Waals surface area contributed by atoms with E-state index in [-0.39, 0.29) is 10.8 Å².